The Labute approximate surface area is 162 Å². The SMILES string of the molecule is Cc1cc(Cl)ccc1NC(=O)c1cc(NCCc2ccc(F)cc2)ccn1. The van der Waals surface area contributed by atoms with Gasteiger partial charge in [0.25, 0.3) is 5.91 Å². The number of halogens is 2. The second-order valence-electron chi connectivity index (χ2n) is 6.15. The fourth-order valence-electron chi connectivity index (χ4n) is 2.62. The smallest absolute Gasteiger partial charge is 0.274 e. The Balaban J connectivity index is 1.60. The average molecular weight is 384 g/mol. The fourth-order valence-corrected chi connectivity index (χ4v) is 2.85. The molecule has 0 fully saturated rings. The molecular formula is C21H19ClFN3O. The Morgan fingerprint density at radius 3 is 2.63 bits per heavy atom. The molecule has 0 saturated carbocycles. The molecule has 1 amide bonds. The standard InChI is InChI=1S/C21H19ClFN3O/c1-14-12-16(22)4-7-19(14)26-21(27)20-13-18(9-11-25-20)24-10-8-15-2-5-17(23)6-3-15/h2-7,9,11-13H,8,10H2,1H3,(H,24,25)(H,26,27). The molecule has 1 heterocycles. The van der Waals surface area contributed by atoms with Crippen molar-refractivity contribution in [2.75, 3.05) is 17.2 Å². The Morgan fingerprint density at radius 1 is 1.11 bits per heavy atom. The Morgan fingerprint density at radius 2 is 1.89 bits per heavy atom. The number of nitrogens with one attached hydrogen (secondary N) is 2. The van der Waals surface area contributed by atoms with E-state index in [1.807, 2.05) is 6.92 Å². The molecule has 0 aliphatic heterocycles. The van der Waals surface area contributed by atoms with E-state index in [1.165, 1.54) is 12.1 Å². The number of benzene rings is 2. The number of rotatable bonds is 6. The van der Waals surface area contributed by atoms with Crippen molar-refractivity contribution in [2.45, 2.75) is 13.3 Å². The van der Waals surface area contributed by atoms with Crippen LogP contribution >= 0.6 is 11.6 Å². The van der Waals surface area contributed by atoms with Gasteiger partial charge in [-0.1, -0.05) is 23.7 Å². The molecule has 4 nitrogen and oxygen atoms in total. The molecule has 3 rings (SSSR count). The van der Waals surface area contributed by atoms with Crippen molar-refractivity contribution in [1.29, 1.82) is 0 Å². The number of amides is 1. The number of carbonyl (C=O) groups excluding carboxylic acids is 1. The van der Waals surface area contributed by atoms with Gasteiger partial charge in [0.1, 0.15) is 11.5 Å². The number of aryl methyl sites for hydroxylation is 1. The zero-order valence-corrected chi connectivity index (χ0v) is 15.6. The van der Waals surface area contributed by atoms with E-state index in [0.29, 0.717) is 22.9 Å². The molecule has 0 atom stereocenters. The van der Waals surface area contributed by atoms with Crippen molar-refractivity contribution in [2.24, 2.45) is 0 Å². The summed E-state index contributed by atoms with van der Waals surface area (Å²) in [6, 6.07) is 15.2. The van der Waals surface area contributed by atoms with Crippen molar-refractivity contribution >= 4 is 28.9 Å². The monoisotopic (exact) mass is 383 g/mol. The number of nitrogens with zero attached hydrogens (tertiary/aromatic N) is 1. The van der Waals surface area contributed by atoms with E-state index >= 15 is 0 Å². The van der Waals surface area contributed by atoms with E-state index in [9.17, 15) is 9.18 Å². The largest absolute Gasteiger partial charge is 0.385 e. The highest BCUT2D eigenvalue weighted by Gasteiger charge is 2.10. The van der Waals surface area contributed by atoms with Gasteiger partial charge in [-0.3, -0.25) is 9.78 Å². The van der Waals surface area contributed by atoms with Crippen LogP contribution in [-0.4, -0.2) is 17.4 Å². The van der Waals surface area contributed by atoms with Gasteiger partial charge >= 0.3 is 0 Å². The molecule has 0 aliphatic rings. The topological polar surface area (TPSA) is 54.0 Å². The van der Waals surface area contributed by atoms with Crippen molar-refractivity contribution in [3.63, 3.8) is 0 Å². The minimum absolute atomic E-state index is 0.243. The summed E-state index contributed by atoms with van der Waals surface area (Å²) in [4.78, 5) is 16.6. The highest BCUT2D eigenvalue weighted by Crippen LogP contribution is 2.20. The zero-order chi connectivity index (χ0) is 19.2. The van der Waals surface area contributed by atoms with Gasteiger partial charge < -0.3 is 10.6 Å². The van der Waals surface area contributed by atoms with Crippen molar-refractivity contribution in [1.82, 2.24) is 4.98 Å². The van der Waals surface area contributed by atoms with Crippen LogP contribution in [0.5, 0.6) is 0 Å². The molecule has 2 aromatic carbocycles. The molecule has 0 aliphatic carbocycles. The van der Waals surface area contributed by atoms with E-state index in [-0.39, 0.29) is 11.7 Å². The molecule has 27 heavy (non-hydrogen) atoms. The van der Waals surface area contributed by atoms with Crippen LogP contribution < -0.4 is 10.6 Å². The van der Waals surface area contributed by atoms with Crippen molar-refractivity contribution in [3.8, 4) is 0 Å². The average Bonchev–Trinajstić information content (AvgIpc) is 2.66. The van der Waals surface area contributed by atoms with Gasteiger partial charge in [0.05, 0.1) is 0 Å². The zero-order valence-electron chi connectivity index (χ0n) is 14.8. The molecule has 0 saturated heterocycles. The third-order valence-corrected chi connectivity index (χ3v) is 4.32. The summed E-state index contributed by atoms with van der Waals surface area (Å²) in [5.74, 6) is -0.532. The first kappa shape index (κ1) is 18.9. The Kier molecular flexibility index (Phi) is 6.04. The van der Waals surface area contributed by atoms with Gasteiger partial charge in [0, 0.05) is 29.1 Å². The molecule has 6 heteroatoms. The van der Waals surface area contributed by atoms with E-state index in [0.717, 1.165) is 23.2 Å². The number of anilines is 2. The summed E-state index contributed by atoms with van der Waals surface area (Å²) < 4.78 is 12.9. The summed E-state index contributed by atoms with van der Waals surface area (Å²) >= 11 is 5.94. The van der Waals surface area contributed by atoms with E-state index < -0.39 is 0 Å². The number of aromatic nitrogens is 1. The third-order valence-electron chi connectivity index (χ3n) is 4.09. The van der Waals surface area contributed by atoms with Crippen molar-refractivity contribution < 1.29 is 9.18 Å². The maximum absolute atomic E-state index is 12.9. The summed E-state index contributed by atoms with van der Waals surface area (Å²) in [5, 5.41) is 6.72. The quantitative estimate of drug-likeness (QED) is 0.623. The van der Waals surface area contributed by atoms with E-state index in [2.05, 4.69) is 15.6 Å². The maximum Gasteiger partial charge on any atom is 0.274 e. The van der Waals surface area contributed by atoms with Gasteiger partial charge in [-0.2, -0.15) is 0 Å². The fraction of sp³-hybridized carbons (Fsp3) is 0.143. The first-order valence-electron chi connectivity index (χ1n) is 8.53. The van der Waals surface area contributed by atoms with E-state index in [1.54, 1.807) is 48.7 Å². The molecule has 0 radical (unpaired) electrons. The number of carbonyl (C=O) groups is 1. The van der Waals surface area contributed by atoms with Crippen LogP contribution in [0.2, 0.25) is 5.02 Å². The van der Waals surface area contributed by atoms with Crippen LogP contribution in [0, 0.1) is 12.7 Å². The lowest BCUT2D eigenvalue weighted by molar-refractivity contribution is 0.102. The number of pyridine rings is 1. The minimum atomic E-state index is -0.289. The molecule has 138 valence electrons. The van der Waals surface area contributed by atoms with Gasteiger partial charge in [0.2, 0.25) is 0 Å². The molecule has 0 spiro atoms. The second-order valence-corrected chi connectivity index (χ2v) is 6.58. The first-order valence-corrected chi connectivity index (χ1v) is 8.91. The maximum atomic E-state index is 12.9. The summed E-state index contributed by atoms with van der Waals surface area (Å²) in [6.45, 7) is 2.54. The van der Waals surface area contributed by atoms with Crippen LogP contribution in [0.25, 0.3) is 0 Å². The summed E-state index contributed by atoms with van der Waals surface area (Å²) in [5.41, 5.74) is 3.72. The van der Waals surface area contributed by atoms with Crippen LogP contribution in [0.1, 0.15) is 21.6 Å². The summed E-state index contributed by atoms with van der Waals surface area (Å²) in [6.07, 6.45) is 2.33. The lowest BCUT2D eigenvalue weighted by Gasteiger charge is -2.10. The number of hydrogen-bond donors (Lipinski definition) is 2. The molecule has 2 N–H and O–H groups in total. The van der Waals surface area contributed by atoms with Gasteiger partial charge in [-0.25, -0.2) is 4.39 Å². The molecule has 0 bridgehead atoms. The predicted molar refractivity (Wildman–Crippen MR) is 107 cm³/mol. The van der Waals surface area contributed by atoms with E-state index in [4.69, 9.17) is 11.6 Å². The lowest BCUT2D eigenvalue weighted by Crippen LogP contribution is -2.15. The summed E-state index contributed by atoms with van der Waals surface area (Å²) in [7, 11) is 0. The Bertz CT molecular complexity index is 944. The molecule has 1 aromatic heterocycles. The van der Waals surface area contributed by atoms with Gasteiger partial charge in [-0.05, 0) is 66.9 Å². The lowest BCUT2D eigenvalue weighted by atomic mass is 10.1. The van der Waals surface area contributed by atoms with Crippen LogP contribution in [0.15, 0.2) is 60.8 Å². The highest BCUT2D eigenvalue weighted by molar-refractivity contribution is 6.30. The molecule has 3 aromatic rings. The molecule has 0 unspecified atom stereocenters. The van der Waals surface area contributed by atoms with Crippen LogP contribution in [0.3, 0.4) is 0 Å². The Hall–Kier alpha value is -2.92. The van der Waals surface area contributed by atoms with Gasteiger partial charge in [0.15, 0.2) is 0 Å². The number of hydrogen-bond acceptors (Lipinski definition) is 3. The van der Waals surface area contributed by atoms with Gasteiger partial charge in [-0.15, -0.1) is 0 Å². The second kappa shape index (κ2) is 8.64. The van der Waals surface area contributed by atoms with Crippen molar-refractivity contribution in [3.05, 3.63) is 88.5 Å². The normalized spacial score (nSPS) is 10.5. The van der Waals surface area contributed by atoms with Crippen LogP contribution in [-0.2, 0) is 6.42 Å². The highest BCUT2D eigenvalue weighted by atomic mass is 35.5. The molecular weight excluding hydrogens is 365 g/mol. The minimum Gasteiger partial charge on any atom is -0.385 e. The predicted octanol–water partition coefficient (Wildman–Crippen LogP) is 5.09. The first-order chi connectivity index (χ1) is 13.0. The third kappa shape index (κ3) is 5.28. The van der Waals surface area contributed by atoms with Crippen LogP contribution in [0.4, 0.5) is 15.8 Å².